The molecule has 10 heteroatoms. The summed E-state index contributed by atoms with van der Waals surface area (Å²) >= 11 is 0. The molecule has 0 bridgehead atoms. The van der Waals surface area contributed by atoms with Gasteiger partial charge in [-0.05, 0) is 70.4 Å². The molecule has 222 valence electrons. The fourth-order valence-electron chi connectivity index (χ4n) is 7.95. The molecule has 39 heavy (non-hydrogen) atoms. The standard InChI is InChI=1S/C29H52FN7O2/c1-36-18-22(19-36)39-21-7-13-37(14-8-21)25-6-12-33-17-24(25)35-28(38)26(27(31)32)23-15-29(9-3-2-4-10-29)11-5-20(30)16-34-23/h16,20-27,33H,2-15,17-19,31-32H2,1H3,(H,35,38)/b34-16-. The molecule has 4 aliphatic heterocycles. The quantitative estimate of drug-likeness (QED) is 0.354. The summed E-state index contributed by atoms with van der Waals surface area (Å²) in [4.78, 5) is 23.3. The van der Waals surface area contributed by atoms with Crippen LogP contribution in [0, 0.1) is 11.3 Å². The van der Waals surface area contributed by atoms with Crippen molar-refractivity contribution in [3.05, 3.63) is 0 Å². The van der Waals surface area contributed by atoms with Crippen LogP contribution in [0.15, 0.2) is 4.99 Å². The van der Waals surface area contributed by atoms with Gasteiger partial charge in [-0.2, -0.15) is 0 Å². The number of aliphatic imine (C=N–C) groups is 1. The third kappa shape index (κ3) is 7.38. The number of alkyl halides is 1. The minimum absolute atomic E-state index is 0.0275. The third-order valence-corrected chi connectivity index (χ3v) is 10.2. The van der Waals surface area contributed by atoms with Gasteiger partial charge >= 0.3 is 0 Å². The maximum absolute atomic E-state index is 14.6. The first kappa shape index (κ1) is 29.3. The molecule has 4 heterocycles. The monoisotopic (exact) mass is 549 g/mol. The Labute approximate surface area is 234 Å². The van der Waals surface area contributed by atoms with Crippen LogP contribution in [0.5, 0.6) is 0 Å². The molecule has 1 spiro atoms. The second kappa shape index (κ2) is 13.2. The van der Waals surface area contributed by atoms with E-state index in [0.717, 1.165) is 97.1 Å². The molecular formula is C29H52FN7O2. The van der Waals surface area contributed by atoms with Gasteiger partial charge in [-0.3, -0.25) is 14.7 Å². The maximum atomic E-state index is 14.6. The van der Waals surface area contributed by atoms with Crippen molar-refractivity contribution >= 4 is 12.1 Å². The van der Waals surface area contributed by atoms with Crippen molar-refractivity contribution in [3.8, 4) is 0 Å². The van der Waals surface area contributed by atoms with Crippen molar-refractivity contribution in [2.75, 3.05) is 46.3 Å². The van der Waals surface area contributed by atoms with Gasteiger partial charge in [0.1, 0.15) is 6.17 Å². The highest BCUT2D eigenvalue weighted by Crippen LogP contribution is 2.46. The number of nitrogens with two attached hydrogens (primary N) is 2. The van der Waals surface area contributed by atoms with Gasteiger partial charge in [0.2, 0.25) is 5.91 Å². The summed E-state index contributed by atoms with van der Waals surface area (Å²) in [6.45, 7) is 5.69. The Bertz CT molecular complexity index is 824. The predicted molar refractivity (Wildman–Crippen MR) is 152 cm³/mol. The summed E-state index contributed by atoms with van der Waals surface area (Å²) < 4.78 is 20.9. The number of nitrogens with zero attached hydrogens (tertiary/aromatic N) is 3. The van der Waals surface area contributed by atoms with Crippen LogP contribution in [-0.2, 0) is 9.53 Å². The second-order valence-corrected chi connectivity index (χ2v) is 13.2. The number of hydrogen-bond acceptors (Lipinski definition) is 8. The van der Waals surface area contributed by atoms with Gasteiger partial charge in [0, 0.05) is 45.0 Å². The number of piperidine rings is 2. The molecule has 1 amide bonds. The number of hydrogen-bond donors (Lipinski definition) is 4. The number of likely N-dealkylation sites (N-methyl/N-ethyl adjacent to an activating group) is 1. The fraction of sp³-hybridized carbons (Fsp3) is 0.931. The van der Waals surface area contributed by atoms with Crippen LogP contribution in [0.1, 0.15) is 70.6 Å². The van der Waals surface area contributed by atoms with Crippen LogP contribution in [-0.4, -0.2) is 111 Å². The zero-order chi connectivity index (χ0) is 27.4. The predicted octanol–water partition coefficient (Wildman–Crippen LogP) is 1.40. The number of amides is 1. The summed E-state index contributed by atoms with van der Waals surface area (Å²) in [6.07, 6.45) is 11.1. The summed E-state index contributed by atoms with van der Waals surface area (Å²) in [5.41, 5.74) is 12.6. The fourth-order valence-corrected chi connectivity index (χ4v) is 7.95. The molecule has 0 aromatic carbocycles. The molecule has 5 atom stereocenters. The van der Waals surface area contributed by atoms with Crippen LogP contribution in [0.4, 0.5) is 4.39 Å². The third-order valence-electron chi connectivity index (χ3n) is 10.2. The maximum Gasteiger partial charge on any atom is 0.228 e. The van der Waals surface area contributed by atoms with Gasteiger partial charge in [-0.25, -0.2) is 4.39 Å². The summed E-state index contributed by atoms with van der Waals surface area (Å²) in [6, 6.07) is -0.156. The highest BCUT2D eigenvalue weighted by atomic mass is 19.1. The molecule has 0 radical (unpaired) electrons. The van der Waals surface area contributed by atoms with E-state index in [1.54, 1.807) is 0 Å². The summed E-state index contributed by atoms with van der Waals surface area (Å²) in [7, 11) is 2.13. The molecule has 6 N–H and O–H groups in total. The van der Waals surface area contributed by atoms with E-state index < -0.39 is 24.3 Å². The van der Waals surface area contributed by atoms with Gasteiger partial charge < -0.3 is 31.7 Å². The topological polar surface area (TPSA) is 121 Å². The zero-order valence-corrected chi connectivity index (χ0v) is 23.9. The molecule has 1 aliphatic carbocycles. The van der Waals surface area contributed by atoms with Crippen LogP contribution in [0.3, 0.4) is 0 Å². The Morgan fingerprint density at radius 1 is 1.10 bits per heavy atom. The van der Waals surface area contributed by atoms with Crippen molar-refractivity contribution in [1.29, 1.82) is 0 Å². The van der Waals surface area contributed by atoms with Crippen LogP contribution in [0.25, 0.3) is 0 Å². The lowest BCUT2D eigenvalue weighted by molar-refractivity contribution is -0.128. The first-order chi connectivity index (χ1) is 18.8. The van der Waals surface area contributed by atoms with E-state index in [1.165, 1.54) is 12.6 Å². The van der Waals surface area contributed by atoms with Gasteiger partial charge in [0.05, 0.1) is 36.4 Å². The van der Waals surface area contributed by atoms with Crippen LogP contribution in [0.2, 0.25) is 0 Å². The number of nitrogens with one attached hydrogen (secondary N) is 2. The summed E-state index contributed by atoms with van der Waals surface area (Å²) in [5, 5.41) is 6.81. The van der Waals surface area contributed by atoms with E-state index in [2.05, 4.69) is 32.5 Å². The van der Waals surface area contributed by atoms with Crippen molar-refractivity contribution in [2.45, 2.75) is 113 Å². The van der Waals surface area contributed by atoms with Gasteiger partial charge in [-0.15, -0.1) is 0 Å². The summed E-state index contributed by atoms with van der Waals surface area (Å²) in [5.74, 6) is -0.812. The average molecular weight is 550 g/mol. The molecule has 3 saturated heterocycles. The molecule has 5 rings (SSSR count). The van der Waals surface area contributed by atoms with Crippen molar-refractivity contribution in [2.24, 2.45) is 27.8 Å². The van der Waals surface area contributed by atoms with Gasteiger partial charge in [0.15, 0.2) is 0 Å². The Balaban J connectivity index is 1.22. The van der Waals surface area contributed by atoms with E-state index in [9.17, 15) is 9.18 Å². The Morgan fingerprint density at radius 3 is 2.54 bits per heavy atom. The average Bonchev–Trinajstić information content (AvgIpc) is 2.90. The number of likely N-dealkylation sites (tertiary alicyclic amines) is 2. The van der Waals surface area contributed by atoms with E-state index in [-0.39, 0.29) is 23.4 Å². The molecule has 4 fully saturated rings. The van der Waals surface area contributed by atoms with Crippen molar-refractivity contribution in [1.82, 2.24) is 20.4 Å². The minimum Gasteiger partial charge on any atom is -0.372 e. The lowest BCUT2D eigenvalue weighted by atomic mass is 9.65. The van der Waals surface area contributed by atoms with Gasteiger partial charge in [0.25, 0.3) is 0 Å². The van der Waals surface area contributed by atoms with Crippen LogP contribution < -0.4 is 22.1 Å². The molecule has 0 aromatic rings. The Morgan fingerprint density at radius 2 is 1.85 bits per heavy atom. The SMILES string of the molecule is CN1CC(OC2CCN(C3CCNCC3NC(=O)C(C(N)N)C3CC4(CCCCC4)CCC(F)/C=N\3)CC2)C1. The lowest BCUT2D eigenvalue weighted by Crippen LogP contribution is -2.63. The molecule has 9 nitrogen and oxygen atoms in total. The normalized spacial score (nSPS) is 35.2. The number of rotatable bonds is 7. The van der Waals surface area contributed by atoms with Gasteiger partial charge in [-0.1, -0.05) is 19.3 Å². The molecule has 5 unspecified atom stereocenters. The largest absolute Gasteiger partial charge is 0.372 e. The van der Waals surface area contributed by atoms with Crippen LogP contribution >= 0.6 is 0 Å². The van der Waals surface area contributed by atoms with Crippen molar-refractivity contribution < 1.29 is 13.9 Å². The van der Waals surface area contributed by atoms with E-state index in [1.807, 2.05) is 0 Å². The number of halogens is 1. The molecule has 1 saturated carbocycles. The van der Waals surface area contributed by atoms with E-state index in [0.29, 0.717) is 18.6 Å². The number of ether oxygens (including phenoxy) is 1. The van der Waals surface area contributed by atoms with Crippen molar-refractivity contribution in [3.63, 3.8) is 0 Å². The number of carbonyl (C=O) groups is 1. The highest BCUT2D eigenvalue weighted by Gasteiger charge is 2.43. The Hall–Kier alpha value is -1.17. The number of carbonyl (C=O) groups excluding carboxylic acids is 1. The lowest BCUT2D eigenvalue weighted by Gasteiger charge is -2.46. The molecule has 0 aromatic heterocycles. The van der Waals surface area contributed by atoms with E-state index in [4.69, 9.17) is 16.2 Å². The first-order valence-corrected chi connectivity index (χ1v) is 15.6. The minimum atomic E-state index is -1.08. The molecular weight excluding hydrogens is 497 g/mol. The first-order valence-electron chi connectivity index (χ1n) is 15.6. The Kier molecular flexibility index (Phi) is 9.93. The molecule has 5 aliphatic rings. The van der Waals surface area contributed by atoms with E-state index >= 15 is 0 Å². The second-order valence-electron chi connectivity index (χ2n) is 13.2. The highest BCUT2D eigenvalue weighted by molar-refractivity contribution is 5.81. The zero-order valence-electron chi connectivity index (χ0n) is 23.9. The smallest absolute Gasteiger partial charge is 0.228 e.